The molecule has 2 aromatic rings. The number of piperidine rings is 1. The molecule has 3 rings (SSSR count). The molecular weight excluding hydrogens is 288 g/mol. The molecule has 5 heteroatoms. The number of nitrogens with zero attached hydrogens (tertiary/aromatic N) is 4. The molecule has 0 N–H and O–H groups in total. The number of benzene rings is 1. The summed E-state index contributed by atoms with van der Waals surface area (Å²) in [5, 5.41) is 8.39. The van der Waals surface area contributed by atoms with E-state index in [1.54, 1.807) is 7.11 Å². The molecule has 1 fully saturated rings. The van der Waals surface area contributed by atoms with Crippen LogP contribution in [0.15, 0.2) is 42.6 Å². The van der Waals surface area contributed by atoms with Crippen LogP contribution < -0.4 is 0 Å². The molecule has 122 valence electrons. The first-order chi connectivity index (χ1) is 11.3. The largest absolute Gasteiger partial charge is 0.378 e. The summed E-state index contributed by atoms with van der Waals surface area (Å²) in [5.41, 5.74) is 2.16. The van der Waals surface area contributed by atoms with Gasteiger partial charge in [0.05, 0.1) is 18.8 Å². The van der Waals surface area contributed by atoms with Crippen LogP contribution in [0.2, 0.25) is 0 Å². The van der Waals surface area contributed by atoms with E-state index in [2.05, 4.69) is 51.6 Å². The van der Waals surface area contributed by atoms with Gasteiger partial charge in [-0.3, -0.25) is 4.90 Å². The van der Waals surface area contributed by atoms with Gasteiger partial charge in [-0.1, -0.05) is 47.7 Å². The number of rotatable bonds is 6. The summed E-state index contributed by atoms with van der Waals surface area (Å²) in [4.78, 5) is 2.49. The smallest absolute Gasteiger partial charge is 0.108 e. The number of likely N-dealkylation sites (tertiary alicyclic amines) is 1. The summed E-state index contributed by atoms with van der Waals surface area (Å²) in [6, 6.07) is 10.9. The van der Waals surface area contributed by atoms with E-state index in [0.29, 0.717) is 12.6 Å². The normalized spacial score (nSPS) is 17.1. The standard InChI is InChI=1S/C18H24N4O/c1-23-15-17-14-22(20-19-17)18-9-12-21(13-10-18)11-5-8-16-6-3-2-4-7-16/h2-8,14,18H,9-13,15H2,1H3. The SMILES string of the molecule is COCc1cn(C2CCN(CC=Cc3ccccc3)CC2)nn1. The Kier molecular flexibility index (Phi) is 5.56. The molecule has 0 bridgehead atoms. The molecule has 0 radical (unpaired) electrons. The van der Waals surface area contributed by atoms with Crippen LogP contribution in [-0.4, -0.2) is 46.6 Å². The summed E-state index contributed by atoms with van der Waals surface area (Å²) < 4.78 is 7.10. The zero-order chi connectivity index (χ0) is 15.9. The van der Waals surface area contributed by atoms with Gasteiger partial charge in [0, 0.05) is 26.7 Å². The molecule has 5 nitrogen and oxygen atoms in total. The molecule has 1 aliphatic heterocycles. The molecule has 0 atom stereocenters. The van der Waals surface area contributed by atoms with Crippen molar-refractivity contribution >= 4 is 6.08 Å². The number of hydrogen-bond donors (Lipinski definition) is 0. The van der Waals surface area contributed by atoms with Gasteiger partial charge in [-0.25, -0.2) is 4.68 Å². The molecule has 0 unspecified atom stereocenters. The van der Waals surface area contributed by atoms with E-state index < -0.39 is 0 Å². The fraction of sp³-hybridized carbons (Fsp3) is 0.444. The zero-order valence-electron chi connectivity index (χ0n) is 13.6. The van der Waals surface area contributed by atoms with Gasteiger partial charge in [0.2, 0.25) is 0 Å². The fourth-order valence-electron chi connectivity index (χ4n) is 2.97. The van der Waals surface area contributed by atoms with Crippen LogP contribution in [0.25, 0.3) is 6.08 Å². The number of aromatic nitrogens is 3. The monoisotopic (exact) mass is 312 g/mol. The van der Waals surface area contributed by atoms with E-state index in [1.807, 2.05) is 16.9 Å². The lowest BCUT2D eigenvalue weighted by Crippen LogP contribution is -2.34. The van der Waals surface area contributed by atoms with Crippen molar-refractivity contribution in [3.8, 4) is 0 Å². The van der Waals surface area contributed by atoms with Gasteiger partial charge in [-0.2, -0.15) is 0 Å². The highest BCUT2D eigenvalue weighted by Gasteiger charge is 2.20. The van der Waals surface area contributed by atoms with Crippen molar-refractivity contribution < 1.29 is 4.74 Å². The third-order valence-corrected chi connectivity index (χ3v) is 4.25. The third kappa shape index (κ3) is 4.50. The van der Waals surface area contributed by atoms with Crippen LogP contribution in [0.3, 0.4) is 0 Å². The first-order valence-electron chi connectivity index (χ1n) is 8.19. The average Bonchev–Trinajstić information content (AvgIpc) is 3.06. The van der Waals surface area contributed by atoms with Crippen LogP contribution in [-0.2, 0) is 11.3 Å². The number of hydrogen-bond acceptors (Lipinski definition) is 4. The lowest BCUT2D eigenvalue weighted by molar-refractivity contribution is 0.181. The molecule has 0 amide bonds. The highest BCUT2D eigenvalue weighted by Crippen LogP contribution is 2.21. The molecule has 1 aliphatic rings. The van der Waals surface area contributed by atoms with Crippen LogP contribution in [0.4, 0.5) is 0 Å². The summed E-state index contributed by atoms with van der Waals surface area (Å²) in [6.07, 6.45) is 8.70. The minimum Gasteiger partial charge on any atom is -0.378 e. The van der Waals surface area contributed by atoms with Crippen molar-refractivity contribution in [3.63, 3.8) is 0 Å². The summed E-state index contributed by atoms with van der Waals surface area (Å²) in [7, 11) is 1.68. The van der Waals surface area contributed by atoms with Gasteiger partial charge in [0.15, 0.2) is 0 Å². The van der Waals surface area contributed by atoms with Gasteiger partial charge in [0.1, 0.15) is 5.69 Å². The minimum atomic E-state index is 0.461. The first-order valence-corrected chi connectivity index (χ1v) is 8.19. The van der Waals surface area contributed by atoms with Gasteiger partial charge < -0.3 is 4.74 Å². The van der Waals surface area contributed by atoms with E-state index in [0.717, 1.165) is 38.2 Å². The summed E-state index contributed by atoms with van der Waals surface area (Å²) >= 11 is 0. The highest BCUT2D eigenvalue weighted by molar-refractivity contribution is 5.48. The summed E-state index contributed by atoms with van der Waals surface area (Å²) in [5.74, 6) is 0. The Labute approximate surface area is 137 Å². The minimum absolute atomic E-state index is 0.461. The average molecular weight is 312 g/mol. The molecule has 2 heterocycles. The van der Waals surface area contributed by atoms with E-state index >= 15 is 0 Å². The van der Waals surface area contributed by atoms with E-state index in [4.69, 9.17) is 4.74 Å². The second kappa shape index (κ2) is 8.04. The van der Waals surface area contributed by atoms with Gasteiger partial charge >= 0.3 is 0 Å². The molecule has 23 heavy (non-hydrogen) atoms. The zero-order valence-corrected chi connectivity index (χ0v) is 13.6. The topological polar surface area (TPSA) is 43.2 Å². The van der Waals surface area contributed by atoms with Crippen molar-refractivity contribution in [1.29, 1.82) is 0 Å². The lowest BCUT2D eigenvalue weighted by Gasteiger charge is -2.30. The van der Waals surface area contributed by atoms with E-state index in [-0.39, 0.29) is 0 Å². The maximum atomic E-state index is 5.09. The number of ether oxygens (including phenoxy) is 1. The molecule has 1 aromatic heterocycles. The quantitative estimate of drug-likeness (QED) is 0.822. The Hall–Kier alpha value is -1.98. The second-order valence-corrected chi connectivity index (χ2v) is 5.97. The molecular formula is C18H24N4O. The Morgan fingerprint density at radius 3 is 2.74 bits per heavy atom. The van der Waals surface area contributed by atoms with E-state index in [9.17, 15) is 0 Å². The second-order valence-electron chi connectivity index (χ2n) is 5.97. The highest BCUT2D eigenvalue weighted by atomic mass is 16.5. The van der Waals surface area contributed by atoms with Gasteiger partial charge in [0.25, 0.3) is 0 Å². The maximum Gasteiger partial charge on any atom is 0.108 e. The lowest BCUT2D eigenvalue weighted by atomic mass is 10.1. The Morgan fingerprint density at radius 2 is 2.00 bits per heavy atom. The van der Waals surface area contributed by atoms with Crippen molar-refractivity contribution in [2.45, 2.75) is 25.5 Å². The predicted octanol–water partition coefficient (Wildman–Crippen LogP) is 2.77. The van der Waals surface area contributed by atoms with Crippen LogP contribution in [0, 0.1) is 0 Å². The Bertz CT molecular complexity index is 615. The van der Waals surface area contributed by atoms with Crippen molar-refractivity contribution in [2.75, 3.05) is 26.7 Å². The van der Waals surface area contributed by atoms with Crippen LogP contribution >= 0.6 is 0 Å². The van der Waals surface area contributed by atoms with Crippen molar-refractivity contribution in [1.82, 2.24) is 19.9 Å². The fourth-order valence-corrected chi connectivity index (χ4v) is 2.97. The Morgan fingerprint density at radius 1 is 1.22 bits per heavy atom. The van der Waals surface area contributed by atoms with Gasteiger partial charge in [-0.15, -0.1) is 5.10 Å². The summed E-state index contributed by atoms with van der Waals surface area (Å²) in [6.45, 7) is 3.74. The third-order valence-electron chi connectivity index (χ3n) is 4.25. The molecule has 0 saturated carbocycles. The molecule has 0 spiro atoms. The molecule has 1 saturated heterocycles. The molecule has 0 aliphatic carbocycles. The van der Waals surface area contributed by atoms with Gasteiger partial charge in [-0.05, 0) is 18.4 Å². The van der Waals surface area contributed by atoms with Crippen LogP contribution in [0.5, 0.6) is 0 Å². The van der Waals surface area contributed by atoms with Crippen molar-refractivity contribution in [2.24, 2.45) is 0 Å². The Balaban J connectivity index is 1.45. The van der Waals surface area contributed by atoms with Crippen LogP contribution in [0.1, 0.15) is 30.1 Å². The first kappa shape index (κ1) is 15.9. The predicted molar refractivity (Wildman–Crippen MR) is 90.9 cm³/mol. The van der Waals surface area contributed by atoms with Crippen molar-refractivity contribution in [3.05, 3.63) is 53.9 Å². The molecule has 1 aromatic carbocycles. The maximum absolute atomic E-state index is 5.09. The van der Waals surface area contributed by atoms with E-state index in [1.165, 1.54) is 5.56 Å². The number of methoxy groups -OCH3 is 1.